The van der Waals surface area contributed by atoms with Crippen molar-refractivity contribution in [1.82, 2.24) is 19.8 Å². The summed E-state index contributed by atoms with van der Waals surface area (Å²) in [7, 11) is 0. The van der Waals surface area contributed by atoms with E-state index in [9.17, 15) is 30.0 Å². The normalized spacial score (nSPS) is 23.0. The highest BCUT2D eigenvalue weighted by Crippen LogP contribution is 2.52. The third kappa shape index (κ3) is 10.3. The van der Waals surface area contributed by atoms with E-state index < -0.39 is 70.5 Å². The number of nitrogens with zero attached hydrogens (tertiary/aromatic N) is 6. The standard InChI is InChI=1S/2C29H27ClFN3O4/c2*1-28(2,37)19-11-24-26(25(31)12-19)29(18-4-6-20(30)7-5-18,38-23-10-9-22(35)13-23)34(27(24)36)16-21-8-3-17(14-32)15-33-21/h2*3-8,11-12,15,22-23,35,37H,9-10,13,16H2,1-2H3/t22-,23-,29+;22-,23-,29-/m01/s1. The highest BCUT2D eigenvalue weighted by atomic mass is 35.5. The van der Waals surface area contributed by atoms with Gasteiger partial charge in [0.2, 0.25) is 11.4 Å². The van der Waals surface area contributed by atoms with Gasteiger partial charge in [0.15, 0.2) is 0 Å². The lowest BCUT2D eigenvalue weighted by Crippen LogP contribution is -2.48. The van der Waals surface area contributed by atoms with Crippen LogP contribution in [0.3, 0.4) is 0 Å². The molecule has 10 rings (SSSR count). The number of hydrogen-bond donors (Lipinski definition) is 4. The first-order chi connectivity index (χ1) is 36.0. The van der Waals surface area contributed by atoms with Gasteiger partial charge in [0, 0.05) is 33.6 Å². The van der Waals surface area contributed by atoms with E-state index >= 15 is 8.78 Å². The minimum absolute atomic E-state index is 0.0351. The average molecular weight is 1070 g/mol. The zero-order valence-electron chi connectivity index (χ0n) is 42.0. The summed E-state index contributed by atoms with van der Waals surface area (Å²) in [5, 5.41) is 60.9. The first-order valence-corrected chi connectivity index (χ1v) is 25.5. The van der Waals surface area contributed by atoms with Crippen molar-refractivity contribution in [3.63, 3.8) is 0 Å². The van der Waals surface area contributed by atoms with Crippen LogP contribution in [0.1, 0.15) is 143 Å². The van der Waals surface area contributed by atoms with Gasteiger partial charge in [0.05, 0.1) is 93.5 Å². The predicted octanol–water partition coefficient (Wildman–Crippen LogP) is 9.52. The average Bonchev–Trinajstić information content (AvgIpc) is 4.12. The lowest BCUT2D eigenvalue weighted by Gasteiger charge is -2.41. The molecule has 6 atom stereocenters. The first-order valence-electron chi connectivity index (χ1n) is 24.8. The topological polar surface area (TPSA) is 213 Å². The maximum Gasteiger partial charge on any atom is 0.257 e. The van der Waals surface area contributed by atoms with Gasteiger partial charge in [0.1, 0.15) is 23.8 Å². The summed E-state index contributed by atoms with van der Waals surface area (Å²) in [5.41, 5.74) is -2.79. The fraction of sp³-hybridized carbons (Fsp3) is 0.345. The molecule has 6 aromatic rings. The minimum atomic E-state index is -1.69. The van der Waals surface area contributed by atoms with Crippen LogP contribution < -0.4 is 0 Å². The smallest absolute Gasteiger partial charge is 0.257 e. The number of fused-ring (bicyclic) bond motifs is 2. The van der Waals surface area contributed by atoms with E-state index in [0.717, 1.165) is 0 Å². The molecule has 4 heterocycles. The fourth-order valence-electron chi connectivity index (χ4n) is 10.5. The number of ether oxygens (including phenoxy) is 2. The molecule has 18 heteroatoms. The van der Waals surface area contributed by atoms with E-state index in [0.29, 0.717) is 82.2 Å². The molecule has 0 bridgehead atoms. The van der Waals surface area contributed by atoms with Gasteiger partial charge in [-0.25, -0.2) is 8.78 Å². The lowest BCUT2D eigenvalue weighted by atomic mass is 9.88. The number of rotatable bonds is 12. The number of nitriles is 2. The molecule has 2 fully saturated rings. The van der Waals surface area contributed by atoms with Crippen molar-refractivity contribution in [1.29, 1.82) is 10.5 Å². The summed E-state index contributed by atoms with van der Waals surface area (Å²) in [5.74, 6) is -2.39. The number of aliphatic hydroxyl groups excluding tert-OH is 2. The summed E-state index contributed by atoms with van der Waals surface area (Å²) >= 11 is 12.4. The fourth-order valence-corrected chi connectivity index (χ4v) is 10.8. The van der Waals surface area contributed by atoms with Crippen LogP contribution in [0.5, 0.6) is 0 Å². The molecule has 4 aliphatic rings. The number of carbonyl (C=O) groups is 2. The van der Waals surface area contributed by atoms with E-state index in [1.807, 2.05) is 12.1 Å². The Morgan fingerprint density at radius 1 is 0.618 bits per heavy atom. The van der Waals surface area contributed by atoms with Crippen LogP contribution >= 0.6 is 23.2 Å². The second-order valence-electron chi connectivity index (χ2n) is 20.7. The van der Waals surface area contributed by atoms with Crippen LogP contribution in [0.25, 0.3) is 0 Å². The number of benzene rings is 4. The van der Waals surface area contributed by atoms with Gasteiger partial charge in [-0.1, -0.05) is 47.5 Å². The molecular weight excluding hydrogens is 1020 g/mol. The van der Waals surface area contributed by atoms with Crippen molar-refractivity contribution in [2.75, 3.05) is 0 Å². The highest BCUT2D eigenvalue weighted by molar-refractivity contribution is 6.30. The van der Waals surface area contributed by atoms with Crippen LogP contribution in [-0.4, -0.2) is 76.4 Å². The Labute approximate surface area is 448 Å². The number of halogens is 4. The molecule has 392 valence electrons. The molecule has 0 saturated heterocycles. The van der Waals surface area contributed by atoms with Crippen molar-refractivity contribution in [3.8, 4) is 12.1 Å². The van der Waals surface area contributed by atoms with Gasteiger partial charge in [0.25, 0.3) is 11.8 Å². The Kier molecular flexibility index (Phi) is 15.0. The van der Waals surface area contributed by atoms with E-state index in [-0.39, 0.29) is 46.5 Å². The van der Waals surface area contributed by atoms with E-state index in [1.165, 1.54) is 74.2 Å². The van der Waals surface area contributed by atoms with Crippen molar-refractivity contribution < 1.29 is 48.3 Å². The summed E-state index contributed by atoms with van der Waals surface area (Å²) < 4.78 is 45.8. The van der Waals surface area contributed by atoms with Gasteiger partial charge in [-0.2, -0.15) is 10.5 Å². The van der Waals surface area contributed by atoms with Crippen molar-refractivity contribution in [2.24, 2.45) is 0 Å². The van der Waals surface area contributed by atoms with E-state index in [4.69, 9.17) is 43.2 Å². The SMILES string of the molecule is CC(C)(O)c1cc(F)c2c(c1)C(=O)N(Cc1ccc(C#N)cn1)[C@@]2(O[C@@H]1CC[C@@H](O)C1)c1ccc(Cl)cc1.CC(C)(O)c1cc(F)c2c(c1)C(=O)N(Cc1ccc(C#N)cn1)[C@@]2(O[C@H]1CC[C@H](O)C1)c1ccc(Cl)cc1. The summed E-state index contributed by atoms with van der Waals surface area (Å²) in [6.07, 6.45) is 3.59. The van der Waals surface area contributed by atoms with Gasteiger partial charge in [-0.05, 0) is 150 Å². The molecule has 2 aliphatic carbocycles. The number of aromatic nitrogens is 2. The van der Waals surface area contributed by atoms with Gasteiger partial charge in [-0.15, -0.1) is 0 Å². The second-order valence-corrected chi connectivity index (χ2v) is 21.6. The summed E-state index contributed by atoms with van der Waals surface area (Å²) in [4.78, 5) is 39.7. The Hall–Kier alpha value is -6.70. The van der Waals surface area contributed by atoms with Crippen LogP contribution in [0.15, 0.2) is 109 Å². The number of pyridine rings is 2. The third-order valence-corrected chi connectivity index (χ3v) is 14.9. The van der Waals surface area contributed by atoms with E-state index in [1.54, 1.807) is 72.8 Å². The third-order valence-electron chi connectivity index (χ3n) is 14.4. The second kappa shape index (κ2) is 21.0. The van der Waals surface area contributed by atoms with Crippen molar-refractivity contribution in [3.05, 3.63) is 198 Å². The molecule has 2 aromatic heterocycles. The van der Waals surface area contributed by atoms with Crippen LogP contribution in [0.2, 0.25) is 10.0 Å². The van der Waals surface area contributed by atoms with Crippen LogP contribution in [0, 0.1) is 34.3 Å². The minimum Gasteiger partial charge on any atom is -0.393 e. The Morgan fingerprint density at radius 3 is 1.28 bits per heavy atom. The Balaban J connectivity index is 0.000000186. The molecule has 14 nitrogen and oxygen atoms in total. The molecule has 4 N–H and O–H groups in total. The van der Waals surface area contributed by atoms with Gasteiger partial charge in [-0.3, -0.25) is 29.4 Å². The maximum absolute atomic E-state index is 16.2. The quantitative estimate of drug-likeness (QED) is 0.0902. The van der Waals surface area contributed by atoms with Crippen LogP contribution in [-0.2, 0) is 45.2 Å². The summed E-state index contributed by atoms with van der Waals surface area (Å²) in [6, 6.07) is 29.3. The predicted molar refractivity (Wildman–Crippen MR) is 275 cm³/mol. The zero-order valence-corrected chi connectivity index (χ0v) is 43.5. The molecule has 76 heavy (non-hydrogen) atoms. The van der Waals surface area contributed by atoms with Gasteiger partial charge < -0.3 is 29.9 Å². The van der Waals surface area contributed by atoms with Crippen molar-refractivity contribution >= 4 is 35.0 Å². The number of hydrogen-bond acceptors (Lipinski definition) is 12. The molecule has 2 aliphatic heterocycles. The summed E-state index contributed by atoms with van der Waals surface area (Å²) in [6.45, 7) is 6.00. The first kappa shape index (κ1) is 54.1. The van der Waals surface area contributed by atoms with E-state index in [2.05, 4.69) is 9.97 Å². The molecule has 0 radical (unpaired) electrons. The van der Waals surface area contributed by atoms with Crippen molar-refractivity contribution in [2.45, 2.75) is 126 Å². The number of amides is 2. The monoisotopic (exact) mass is 1070 g/mol. The molecular formula is C58H54Cl2F2N6O8. The Morgan fingerprint density at radius 2 is 0.987 bits per heavy atom. The highest BCUT2D eigenvalue weighted by Gasteiger charge is 2.58. The largest absolute Gasteiger partial charge is 0.393 e. The Bertz CT molecular complexity index is 3050. The molecule has 0 spiro atoms. The maximum atomic E-state index is 16.2. The molecule has 0 unspecified atom stereocenters. The van der Waals surface area contributed by atoms with Crippen LogP contribution in [0.4, 0.5) is 8.78 Å². The molecule has 4 aromatic carbocycles. The van der Waals surface area contributed by atoms with Gasteiger partial charge >= 0.3 is 0 Å². The molecule has 2 amide bonds. The number of carbonyl (C=O) groups excluding carboxylic acids is 2. The zero-order chi connectivity index (χ0) is 54.5. The molecule has 2 saturated carbocycles. The number of aliphatic hydroxyl groups is 4. The lowest BCUT2D eigenvalue weighted by molar-refractivity contribution is -0.149.